The minimum absolute atomic E-state index is 0.136. The van der Waals surface area contributed by atoms with Gasteiger partial charge in [-0.1, -0.05) is 41.2 Å². The summed E-state index contributed by atoms with van der Waals surface area (Å²) in [7, 11) is 0.00948. The van der Waals surface area contributed by atoms with E-state index in [9.17, 15) is 13.2 Å². The molecule has 1 amide bonds. The van der Waals surface area contributed by atoms with Crippen molar-refractivity contribution in [1.29, 1.82) is 0 Å². The monoisotopic (exact) mass is 522 g/mol. The molecule has 7 nitrogen and oxygen atoms in total. The minimum Gasteiger partial charge on any atom is -0.308 e. The van der Waals surface area contributed by atoms with Crippen LogP contribution in [-0.2, 0) is 10.0 Å². The maximum atomic E-state index is 13.9. The standard InChI is InChI=1S/C27H30N4O3S2/c1-18-10-12-21(13-11-18)36(33,34)29-23-9-7-6-8-22(23)26(32)31(15-14-30(4)5)27-28-24-16-19(2)20(3)17-25(24)35-27/h6-13,16-17,29H,14-15H2,1-5H3. The number of nitrogens with one attached hydrogen (secondary N) is 1. The highest BCUT2D eigenvalue weighted by molar-refractivity contribution is 7.92. The maximum Gasteiger partial charge on any atom is 0.262 e. The number of aryl methyl sites for hydroxylation is 3. The minimum atomic E-state index is -3.87. The Balaban J connectivity index is 1.72. The fourth-order valence-corrected chi connectivity index (χ4v) is 5.84. The predicted octanol–water partition coefficient (Wildman–Crippen LogP) is 5.23. The van der Waals surface area contributed by atoms with Crippen molar-refractivity contribution < 1.29 is 13.2 Å². The second-order valence-corrected chi connectivity index (χ2v) is 11.8. The fourth-order valence-electron chi connectivity index (χ4n) is 3.69. The summed E-state index contributed by atoms with van der Waals surface area (Å²) in [4.78, 5) is 22.4. The number of para-hydroxylation sites is 1. The average Bonchev–Trinajstić information content (AvgIpc) is 3.21. The Morgan fingerprint density at radius 1 is 0.944 bits per heavy atom. The van der Waals surface area contributed by atoms with Crippen molar-refractivity contribution in [2.45, 2.75) is 25.7 Å². The molecule has 188 valence electrons. The first-order valence-electron chi connectivity index (χ1n) is 11.6. The van der Waals surface area contributed by atoms with Gasteiger partial charge in [-0.25, -0.2) is 13.4 Å². The van der Waals surface area contributed by atoms with Gasteiger partial charge < -0.3 is 4.90 Å². The van der Waals surface area contributed by atoms with Crippen molar-refractivity contribution in [2.75, 3.05) is 36.8 Å². The fraction of sp³-hybridized carbons (Fsp3) is 0.259. The van der Waals surface area contributed by atoms with E-state index in [-0.39, 0.29) is 22.1 Å². The zero-order valence-corrected chi connectivity index (χ0v) is 22.7. The lowest BCUT2D eigenvalue weighted by Gasteiger charge is -2.23. The van der Waals surface area contributed by atoms with Crippen molar-refractivity contribution in [3.05, 3.63) is 82.9 Å². The van der Waals surface area contributed by atoms with Crippen LogP contribution in [0.2, 0.25) is 0 Å². The van der Waals surface area contributed by atoms with Gasteiger partial charge in [0, 0.05) is 13.1 Å². The van der Waals surface area contributed by atoms with Crippen LogP contribution in [0.4, 0.5) is 10.8 Å². The molecule has 4 rings (SSSR count). The molecule has 3 aromatic carbocycles. The van der Waals surface area contributed by atoms with Crippen LogP contribution in [0.15, 0.2) is 65.6 Å². The number of benzene rings is 3. The molecule has 9 heteroatoms. The molecule has 0 spiro atoms. The molecule has 0 aliphatic carbocycles. The van der Waals surface area contributed by atoms with Crippen LogP contribution < -0.4 is 9.62 Å². The molecule has 0 saturated carbocycles. The molecule has 0 fully saturated rings. The number of carbonyl (C=O) groups excluding carboxylic acids is 1. The number of amides is 1. The number of rotatable bonds is 8. The average molecular weight is 523 g/mol. The van der Waals surface area contributed by atoms with Gasteiger partial charge in [0.15, 0.2) is 5.13 Å². The number of fused-ring (bicyclic) bond motifs is 1. The number of anilines is 2. The first-order valence-corrected chi connectivity index (χ1v) is 13.9. The summed E-state index contributed by atoms with van der Waals surface area (Å²) >= 11 is 1.46. The van der Waals surface area contributed by atoms with E-state index < -0.39 is 10.0 Å². The molecule has 0 aliphatic rings. The first-order chi connectivity index (χ1) is 17.0. The molecule has 0 saturated heterocycles. The molecular formula is C27H30N4O3S2. The highest BCUT2D eigenvalue weighted by Crippen LogP contribution is 2.32. The highest BCUT2D eigenvalue weighted by atomic mass is 32.2. The normalized spacial score (nSPS) is 11.7. The number of thiazole rings is 1. The van der Waals surface area contributed by atoms with Gasteiger partial charge in [-0.3, -0.25) is 14.4 Å². The number of hydrogen-bond donors (Lipinski definition) is 1. The smallest absolute Gasteiger partial charge is 0.262 e. The van der Waals surface area contributed by atoms with E-state index in [1.54, 1.807) is 53.4 Å². The first kappa shape index (κ1) is 25.8. The molecule has 36 heavy (non-hydrogen) atoms. The number of sulfonamides is 1. The highest BCUT2D eigenvalue weighted by Gasteiger charge is 2.25. The van der Waals surface area contributed by atoms with E-state index in [2.05, 4.69) is 17.7 Å². The molecule has 1 aromatic heterocycles. The summed E-state index contributed by atoms with van der Waals surface area (Å²) in [5.41, 5.74) is 4.60. The van der Waals surface area contributed by atoms with Gasteiger partial charge in [0.05, 0.1) is 26.4 Å². The second-order valence-electron chi connectivity index (χ2n) is 9.12. The second kappa shape index (κ2) is 10.4. The Kier molecular flexibility index (Phi) is 7.44. The van der Waals surface area contributed by atoms with Crippen LogP contribution in [0.1, 0.15) is 27.0 Å². The van der Waals surface area contributed by atoms with Crippen LogP contribution in [0, 0.1) is 20.8 Å². The lowest BCUT2D eigenvalue weighted by Crippen LogP contribution is -2.37. The van der Waals surface area contributed by atoms with E-state index in [0.717, 1.165) is 21.3 Å². The van der Waals surface area contributed by atoms with Crippen LogP contribution in [0.5, 0.6) is 0 Å². The maximum absolute atomic E-state index is 13.9. The van der Waals surface area contributed by atoms with Gasteiger partial charge in [0.25, 0.3) is 15.9 Å². The summed E-state index contributed by atoms with van der Waals surface area (Å²) in [6, 6.07) is 17.4. The number of likely N-dealkylation sites (N-methyl/N-ethyl adjacent to an activating group) is 1. The van der Waals surface area contributed by atoms with E-state index >= 15 is 0 Å². The molecule has 0 aliphatic heterocycles. The quantitative estimate of drug-likeness (QED) is 0.343. The van der Waals surface area contributed by atoms with Gasteiger partial charge in [-0.2, -0.15) is 0 Å². The third-order valence-corrected chi connectivity index (χ3v) is 8.40. The Bertz CT molecular complexity index is 1470. The SMILES string of the molecule is Cc1ccc(S(=O)(=O)Nc2ccccc2C(=O)N(CCN(C)C)c2nc3cc(C)c(C)cc3s2)cc1. The van der Waals surface area contributed by atoms with E-state index in [1.807, 2.05) is 38.9 Å². The van der Waals surface area contributed by atoms with Crippen molar-refractivity contribution >= 4 is 48.3 Å². The Morgan fingerprint density at radius 2 is 1.61 bits per heavy atom. The number of hydrogen-bond acceptors (Lipinski definition) is 6. The third-order valence-electron chi connectivity index (χ3n) is 5.97. The van der Waals surface area contributed by atoms with E-state index in [4.69, 9.17) is 4.98 Å². The van der Waals surface area contributed by atoms with Crippen LogP contribution in [0.3, 0.4) is 0 Å². The zero-order valence-electron chi connectivity index (χ0n) is 21.1. The predicted molar refractivity (Wildman–Crippen MR) is 148 cm³/mol. The van der Waals surface area contributed by atoms with Crippen LogP contribution in [0.25, 0.3) is 10.2 Å². The van der Waals surface area contributed by atoms with Crippen LogP contribution in [-0.4, -0.2) is 51.4 Å². The Hall–Kier alpha value is -3.27. The van der Waals surface area contributed by atoms with Gasteiger partial charge >= 0.3 is 0 Å². The van der Waals surface area contributed by atoms with Gasteiger partial charge in [0.1, 0.15) is 0 Å². The summed E-state index contributed by atoms with van der Waals surface area (Å²) < 4.78 is 29.8. The van der Waals surface area contributed by atoms with E-state index in [0.29, 0.717) is 18.2 Å². The molecule has 1 heterocycles. The van der Waals surface area contributed by atoms with Crippen molar-refractivity contribution in [2.24, 2.45) is 0 Å². The molecular weight excluding hydrogens is 492 g/mol. The van der Waals surface area contributed by atoms with Crippen molar-refractivity contribution in [3.63, 3.8) is 0 Å². The molecule has 0 radical (unpaired) electrons. The van der Waals surface area contributed by atoms with Gasteiger partial charge in [-0.15, -0.1) is 0 Å². The molecule has 1 N–H and O–H groups in total. The number of aromatic nitrogens is 1. The zero-order chi connectivity index (χ0) is 26.0. The summed E-state index contributed by atoms with van der Waals surface area (Å²) in [5.74, 6) is -0.313. The lowest BCUT2D eigenvalue weighted by atomic mass is 10.1. The van der Waals surface area contributed by atoms with E-state index in [1.165, 1.54) is 16.9 Å². The summed E-state index contributed by atoms with van der Waals surface area (Å²) in [6.07, 6.45) is 0. The van der Waals surface area contributed by atoms with Crippen LogP contribution >= 0.6 is 11.3 Å². The molecule has 0 atom stereocenters. The molecule has 0 bridgehead atoms. The summed E-state index contributed by atoms with van der Waals surface area (Å²) in [5, 5.41) is 0.582. The van der Waals surface area contributed by atoms with Gasteiger partial charge in [-0.05, 0) is 82.4 Å². The van der Waals surface area contributed by atoms with Crippen molar-refractivity contribution in [3.8, 4) is 0 Å². The molecule has 4 aromatic rings. The third kappa shape index (κ3) is 5.59. The Labute approximate surface area is 216 Å². The topological polar surface area (TPSA) is 82.6 Å². The van der Waals surface area contributed by atoms with Crippen molar-refractivity contribution in [1.82, 2.24) is 9.88 Å². The lowest BCUT2D eigenvalue weighted by molar-refractivity contribution is 0.0986. The molecule has 0 unspecified atom stereocenters. The number of carbonyl (C=O) groups is 1. The number of nitrogens with zero attached hydrogens (tertiary/aromatic N) is 3. The largest absolute Gasteiger partial charge is 0.308 e. The Morgan fingerprint density at radius 3 is 2.31 bits per heavy atom. The van der Waals surface area contributed by atoms with Gasteiger partial charge in [0.2, 0.25) is 0 Å². The summed E-state index contributed by atoms with van der Waals surface area (Å²) in [6.45, 7) is 7.02.